The maximum atomic E-state index is 13.5. The van der Waals surface area contributed by atoms with Gasteiger partial charge in [0.05, 0.1) is 17.7 Å². The molecule has 0 unspecified atom stereocenters. The molecule has 0 radical (unpaired) electrons. The molecule has 0 bridgehead atoms. The molecule has 9 heteroatoms. The van der Waals surface area contributed by atoms with Crippen molar-refractivity contribution in [2.24, 2.45) is 11.8 Å². The van der Waals surface area contributed by atoms with Crippen LogP contribution < -0.4 is 10.1 Å². The molecule has 1 aliphatic heterocycles. The van der Waals surface area contributed by atoms with Gasteiger partial charge in [0, 0.05) is 57.9 Å². The maximum absolute atomic E-state index is 13.5. The first-order valence-corrected chi connectivity index (χ1v) is 12.4. The number of ether oxygens (including phenoxy) is 3. The largest absolute Gasteiger partial charge is 0.491 e. The molecule has 0 aromatic heterocycles. The Labute approximate surface area is 208 Å². The quantitative estimate of drug-likeness (QED) is 0.683. The Kier molecular flexibility index (Phi) is 9.51. The van der Waals surface area contributed by atoms with E-state index in [-0.39, 0.29) is 54.9 Å². The minimum Gasteiger partial charge on any atom is -0.491 e. The summed E-state index contributed by atoms with van der Waals surface area (Å²) in [6.45, 7) is 5.09. The number of rotatable bonds is 5. The van der Waals surface area contributed by atoms with Crippen LogP contribution in [0.2, 0.25) is 0 Å². The lowest BCUT2D eigenvalue weighted by molar-refractivity contribution is -0.139. The lowest BCUT2D eigenvalue weighted by Gasteiger charge is -2.37. The van der Waals surface area contributed by atoms with E-state index in [1.807, 2.05) is 11.8 Å². The van der Waals surface area contributed by atoms with E-state index in [0.717, 1.165) is 25.7 Å². The van der Waals surface area contributed by atoms with Crippen LogP contribution in [0.15, 0.2) is 18.2 Å². The smallest absolute Gasteiger partial charge is 0.257 e. The number of amides is 3. The fourth-order valence-corrected chi connectivity index (χ4v) is 4.89. The zero-order valence-electron chi connectivity index (χ0n) is 21.5. The molecule has 1 fully saturated rings. The second-order valence-electron chi connectivity index (χ2n) is 9.76. The first kappa shape index (κ1) is 26.9. The molecule has 9 nitrogen and oxygen atoms in total. The van der Waals surface area contributed by atoms with Crippen molar-refractivity contribution in [2.45, 2.75) is 51.7 Å². The van der Waals surface area contributed by atoms with Gasteiger partial charge in [0.25, 0.3) is 5.91 Å². The van der Waals surface area contributed by atoms with Crippen molar-refractivity contribution in [3.8, 4) is 5.75 Å². The molecule has 194 valence electrons. The van der Waals surface area contributed by atoms with Crippen molar-refractivity contribution in [2.75, 3.05) is 52.9 Å². The minimum absolute atomic E-state index is 0.0281. The predicted octanol–water partition coefficient (Wildman–Crippen LogP) is 2.79. The standard InChI is InChI=1S/C26H39N3O6/c1-17-13-29(25(31)19-8-6-7-9-19)18(2)15-35-22-12-20(27-24(30)16-33-4)10-11-21(22)26(32)28(3)14-23(17)34-5/h10-12,17-19,23H,6-9,13-16H2,1-5H3,(H,27,30)/t17-,18-,23+/m1/s1. The third kappa shape index (κ3) is 6.73. The van der Waals surface area contributed by atoms with Crippen molar-refractivity contribution in [1.82, 2.24) is 9.80 Å². The summed E-state index contributed by atoms with van der Waals surface area (Å²) < 4.78 is 16.8. The third-order valence-corrected chi connectivity index (χ3v) is 6.99. The van der Waals surface area contributed by atoms with Crippen LogP contribution in [0.4, 0.5) is 5.69 Å². The first-order valence-electron chi connectivity index (χ1n) is 12.4. The van der Waals surface area contributed by atoms with Crippen LogP contribution in [-0.4, -0.2) is 87.2 Å². The number of likely N-dealkylation sites (N-methyl/N-ethyl adjacent to an activating group) is 1. The van der Waals surface area contributed by atoms with E-state index >= 15 is 0 Å². The van der Waals surface area contributed by atoms with E-state index in [4.69, 9.17) is 14.2 Å². The molecule has 0 spiro atoms. The van der Waals surface area contributed by atoms with Gasteiger partial charge >= 0.3 is 0 Å². The topological polar surface area (TPSA) is 97.4 Å². The molecule has 1 heterocycles. The van der Waals surface area contributed by atoms with Gasteiger partial charge in [-0.3, -0.25) is 14.4 Å². The summed E-state index contributed by atoms with van der Waals surface area (Å²) in [5.74, 6) is 0.110. The number of hydrogen-bond donors (Lipinski definition) is 1. The number of methoxy groups -OCH3 is 2. The van der Waals surface area contributed by atoms with Crippen molar-refractivity contribution >= 4 is 23.4 Å². The van der Waals surface area contributed by atoms with Gasteiger partial charge in [0.2, 0.25) is 11.8 Å². The van der Waals surface area contributed by atoms with Crippen molar-refractivity contribution in [1.29, 1.82) is 0 Å². The summed E-state index contributed by atoms with van der Waals surface area (Å²) in [5.41, 5.74) is 0.893. The molecule has 1 N–H and O–H groups in total. The molecule has 2 aliphatic rings. The van der Waals surface area contributed by atoms with Crippen LogP contribution in [0.25, 0.3) is 0 Å². The second kappa shape index (κ2) is 12.4. The summed E-state index contributed by atoms with van der Waals surface area (Å²) in [7, 11) is 4.82. The molecular weight excluding hydrogens is 450 g/mol. The van der Waals surface area contributed by atoms with Gasteiger partial charge in [0.1, 0.15) is 19.0 Å². The summed E-state index contributed by atoms with van der Waals surface area (Å²) in [6, 6.07) is 4.77. The normalized spacial score (nSPS) is 24.3. The molecule has 1 aromatic carbocycles. The number of nitrogens with one attached hydrogen (secondary N) is 1. The van der Waals surface area contributed by atoms with Crippen LogP contribution in [0.5, 0.6) is 5.75 Å². The average molecular weight is 490 g/mol. The van der Waals surface area contributed by atoms with E-state index in [2.05, 4.69) is 12.2 Å². The number of carbonyl (C=O) groups is 3. The highest BCUT2D eigenvalue weighted by atomic mass is 16.5. The number of anilines is 1. The first-order chi connectivity index (χ1) is 16.7. The van der Waals surface area contributed by atoms with Gasteiger partial charge in [-0.15, -0.1) is 0 Å². The fourth-order valence-electron chi connectivity index (χ4n) is 4.89. The fraction of sp³-hybridized carbons (Fsp3) is 0.654. The van der Waals surface area contributed by atoms with Gasteiger partial charge in [-0.25, -0.2) is 0 Å². The molecule has 3 amide bonds. The van der Waals surface area contributed by atoms with E-state index < -0.39 is 0 Å². The highest BCUT2D eigenvalue weighted by molar-refractivity contribution is 5.98. The summed E-state index contributed by atoms with van der Waals surface area (Å²) in [5, 5.41) is 2.75. The van der Waals surface area contributed by atoms with Crippen LogP contribution in [0.3, 0.4) is 0 Å². The van der Waals surface area contributed by atoms with E-state index in [0.29, 0.717) is 30.1 Å². The van der Waals surface area contributed by atoms with Gasteiger partial charge in [0.15, 0.2) is 0 Å². The lowest BCUT2D eigenvalue weighted by Crippen LogP contribution is -2.50. The van der Waals surface area contributed by atoms with Crippen LogP contribution in [-0.2, 0) is 19.1 Å². The zero-order valence-corrected chi connectivity index (χ0v) is 21.5. The van der Waals surface area contributed by atoms with Crippen LogP contribution >= 0.6 is 0 Å². The van der Waals surface area contributed by atoms with E-state index in [1.54, 1.807) is 37.3 Å². The van der Waals surface area contributed by atoms with Crippen molar-refractivity contribution in [3.63, 3.8) is 0 Å². The third-order valence-electron chi connectivity index (χ3n) is 6.99. The Bertz CT molecular complexity index is 901. The number of fused-ring (bicyclic) bond motifs is 1. The summed E-state index contributed by atoms with van der Waals surface area (Å²) >= 11 is 0. The molecule has 35 heavy (non-hydrogen) atoms. The molecule has 1 saturated carbocycles. The monoisotopic (exact) mass is 489 g/mol. The second-order valence-corrected chi connectivity index (χ2v) is 9.76. The maximum Gasteiger partial charge on any atom is 0.257 e. The minimum atomic E-state index is -0.303. The Hall–Kier alpha value is -2.65. The number of benzene rings is 1. The number of carbonyl (C=O) groups excluding carboxylic acids is 3. The highest BCUT2D eigenvalue weighted by Gasteiger charge is 2.34. The Morgan fingerprint density at radius 3 is 2.51 bits per heavy atom. The van der Waals surface area contributed by atoms with Crippen LogP contribution in [0, 0.1) is 11.8 Å². The van der Waals surface area contributed by atoms with Crippen LogP contribution in [0.1, 0.15) is 49.9 Å². The van der Waals surface area contributed by atoms with Crippen molar-refractivity contribution in [3.05, 3.63) is 23.8 Å². The summed E-state index contributed by atoms with van der Waals surface area (Å²) in [6.07, 6.45) is 3.80. The van der Waals surface area contributed by atoms with Gasteiger partial charge in [-0.05, 0) is 31.9 Å². The summed E-state index contributed by atoms with van der Waals surface area (Å²) in [4.78, 5) is 42.3. The van der Waals surface area contributed by atoms with E-state index in [9.17, 15) is 14.4 Å². The SMILES string of the molecule is COCC(=O)Nc1ccc2c(c1)OC[C@@H](C)N(C(=O)C1CCCC1)C[C@@H](C)[C@@H](OC)CN(C)C2=O. The molecule has 3 atom stereocenters. The lowest BCUT2D eigenvalue weighted by atomic mass is 9.99. The molecule has 0 saturated heterocycles. The number of nitrogens with zero attached hydrogens (tertiary/aromatic N) is 2. The van der Waals surface area contributed by atoms with Gasteiger partial charge in [-0.1, -0.05) is 19.8 Å². The molecule has 3 rings (SSSR count). The average Bonchev–Trinajstić information content (AvgIpc) is 3.38. The van der Waals surface area contributed by atoms with Crippen molar-refractivity contribution < 1.29 is 28.6 Å². The van der Waals surface area contributed by atoms with E-state index in [1.165, 1.54) is 7.11 Å². The zero-order chi connectivity index (χ0) is 25.5. The molecular formula is C26H39N3O6. The van der Waals surface area contributed by atoms with Gasteiger partial charge < -0.3 is 29.3 Å². The number of hydrogen-bond acceptors (Lipinski definition) is 6. The predicted molar refractivity (Wildman–Crippen MR) is 132 cm³/mol. The Morgan fingerprint density at radius 2 is 1.86 bits per heavy atom. The Balaban J connectivity index is 1.93. The van der Waals surface area contributed by atoms with Gasteiger partial charge in [-0.2, -0.15) is 0 Å². The Morgan fingerprint density at radius 1 is 1.14 bits per heavy atom. The highest BCUT2D eigenvalue weighted by Crippen LogP contribution is 2.30. The molecule has 1 aromatic rings. The molecule has 1 aliphatic carbocycles.